The highest BCUT2D eigenvalue weighted by molar-refractivity contribution is 9.10. The number of benzene rings is 2. The van der Waals surface area contributed by atoms with Gasteiger partial charge in [-0.05, 0) is 61.2 Å². The van der Waals surface area contributed by atoms with Crippen LogP contribution in [0.4, 0.5) is 0 Å². The quantitative estimate of drug-likeness (QED) is 0.364. The van der Waals surface area contributed by atoms with Gasteiger partial charge in [0.2, 0.25) is 0 Å². The molecule has 0 radical (unpaired) electrons. The zero-order valence-electron chi connectivity index (χ0n) is 18.1. The van der Waals surface area contributed by atoms with Crippen LogP contribution >= 0.6 is 15.9 Å². The third kappa shape index (κ3) is 4.12. The van der Waals surface area contributed by atoms with E-state index in [1.54, 1.807) is 13.4 Å². The molecular formula is C25H24BrN5O. The molecule has 0 N–H and O–H groups in total. The zero-order chi connectivity index (χ0) is 22.1. The number of hydrogen-bond acceptors (Lipinski definition) is 4. The summed E-state index contributed by atoms with van der Waals surface area (Å²) < 4.78 is 10.7. The molecule has 5 rings (SSSR count). The number of methoxy groups -OCH3 is 1. The molecule has 6 nitrogen and oxygen atoms in total. The molecule has 1 atom stereocenters. The smallest absolute Gasteiger partial charge is 0.174 e. The number of halogens is 1. The summed E-state index contributed by atoms with van der Waals surface area (Å²) >= 11 is 3.59. The summed E-state index contributed by atoms with van der Waals surface area (Å²) in [6, 6.07) is 14.6. The maximum absolute atomic E-state index is 5.62. The number of imidazole rings is 1. The summed E-state index contributed by atoms with van der Waals surface area (Å²) in [5, 5.41) is 4.74. The summed E-state index contributed by atoms with van der Waals surface area (Å²) in [5.41, 5.74) is 4.22. The molecule has 0 spiro atoms. The molecule has 2 aromatic heterocycles. The molecule has 3 heterocycles. The van der Waals surface area contributed by atoms with Gasteiger partial charge in [-0.1, -0.05) is 40.2 Å². The predicted molar refractivity (Wildman–Crippen MR) is 129 cm³/mol. The van der Waals surface area contributed by atoms with E-state index in [9.17, 15) is 0 Å². The number of aromatic nitrogens is 5. The van der Waals surface area contributed by atoms with Crippen molar-refractivity contribution in [3.63, 3.8) is 0 Å². The van der Waals surface area contributed by atoms with Crippen LogP contribution in [-0.4, -0.2) is 31.4 Å². The van der Waals surface area contributed by atoms with Crippen LogP contribution in [0.3, 0.4) is 0 Å². The van der Waals surface area contributed by atoms with Crippen LogP contribution in [0, 0.1) is 6.92 Å². The van der Waals surface area contributed by atoms with Gasteiger partial charge in [0.15, 0.2) is 5.82 Å². The van der Waals surface area contributed by atoms with Crippen LogP contribution in [0.1, 0.15) is 47.2 Å². The Kier molecular flexibility index (Phi) is 5.66. The van der Waals surface area contributed by atoms with Crippen molar-refractivity contribution in [2.45, 2.75) is 32.2 Å². The van der Waals surface area contributed by atoms with Gasteiger partial charge < -0.3 is 9.30 Å². The Morgan fingerprint density at radius 2 is 2.06 bits per heavy atom. The highest BCUT2D eigenvalue weighted by atomic mass is 79.9. The minimum atomic E-state index is 0.272. The first-order valence-corrected chi connectivity index (χ1v) is 11.5. The Bertz CT molecular complexity index is 1290. The molecule has 0 saturated heterocycles. The van der Waals surface area contributed by atoms with Gasteiger partial charge in [-0.25, -0.2) is 14.6 Å². The van der Waals surface area contributed by atoms with Crippen LogP contribution in [0.25, 0.3) is 17.8 Å². The molecule has 162 valence electrons. The second-order valence-corrected chi connectivity index (χ2v) is 8.90. The van der Waals surface area contributed by atoms with E-state index in [0.29, 0.717) is 0 Å². The van der Waals surface area contributed by atoms with Crippen LogP contribution < -0.4 is 4.74 Å². The molecule has 0 fully saturated rings. The number of hydrogen-bond donors (Lipinski definition) is 0. The molecule has 2 aromatic carbocycles. The van der Waals surface area contributed by atoms with Crippen LogP contribution in [-0.2, 0) is 6.54 Å². The topological polar surface area (TPSA) is 57.8 Å². The van der Waals surface area contributed by atoms with Gasteiger partial charge in [0, 0.05) is 23.1 Å². The molecule has 4 aromatic rings. The second-order valence-electron chi connectivity index (χ2n) is 7.99. The lowest BCUT2D eigenvalue weighted by molar-refractivity contribution is 0.413. The highest BCUT2D eigenvalue weighted by Crippen LogP contribution is 2.33. The summed E-state index contributed by atoms with van der Waals surface area (Å²) in [6.07, 6.45) is 9.96. The lowest BCUT2D eigenvalue weighted by atomic mass is 9.91. The Balaban J connectivity index is 1.41. The molecule has 0 aliphatic carbocycles. The number of aryl methyl sites for hydroxylation is 2. The molecule has 1 unspecified atom stereocenters. The van der Waals surface area contributed by atoms with E-state index in [4.69, 9.17) is 14.8 Å². The van der Waals surface area contributed by atoms with E-state index in [0.717, 1.165) is 58.2 Å². The van der Waals surface area contributed by atoms with Gasteiger partial charge in [-0.3, -0.25) is 0 Å². The predicted octanol–water partition coefficient (Wildman–Crippen LogP) is 5.64. The fourth-order valence-corrected chi connectivity index (χ4v) is 4.63. The lowest BCUT2D eigenvalue weighted by Crippen LogP contribution is -2.17. The molecule has 1 aliphatic heterocycles. The molecule has 7 heteroatoms. The van der Waals surface area contributed by atoms with Crippen molar-refractivity contribution in [1.82, 2.24) is 24.3 Å². The maximum Gasteiger partial charge on any atom is 0.174 e. The average molecular weight is 490 g/mol. The monoisotopic (exact) mass is 489 g/mol. The van der Waals surface area contributed by atoms with E-state index >= 15 is 0 Å². The largest absolute Gasteiger partial charge is 0.495 e. The first-order valence-electron chi connectivity index (χ1n) is 10.7. The first-order chi connectivity index (χ1) is 15.6. The van der Waals surface area contributed by atoms with Gasteiger partial charge >= 0.3 is 0 Å². The minimum Gasteiger partial charge on any atom is -0.495 e. The normalized spacial score (nSPS) is 15.8. The van der Waals surface area contributed by atoms with Crippen molar-refractivity contribution in [2.75, 3.05) is 7.11 Å². The van der Waals surface area contributed by atoms with Crippen molar-refractivity contribution < 1.29 is 4.74 Å². The van der Waals surface area contributed by atoms with Gasteiger partial charge in [0.1, 0.15) is 11.6 Å². The van der Waals surface area contributed by atoms with E-state index in [2.05, 4.69) is 55.9 Å². The van der Waals surface area contributed by atoms with Gasteiger partial charge in [0.05, 0.1) is 24.8 Å². The molecule has 0 bridgehead atoms. The van der Waals surface area contributed by atoms with E-state index in [-0.39, 0.29) is 5.92 Å². The number of ether oxygens (including phenoxy) is 1. The third-order valence-corrected chi connectivity index (χ3v) is 6.25. The van der Waals surface area contributed by atoms with Crippen LogP contribution in [0.15, 0.2) is 59.5 Å². The first kappa shape index (κ1) is 20.7. The molecule has 32 heavy (non-hydrogen) atoms. The maximum atomic E-state index is 5.62. The lowest BCUT2D eigenvalue weighted by Gasteiger charge is -2.22. The average Bonchev–Trinajstić information content (AvgIpc) is 3.43. The fraction of sp³-hybridized carbons (Fsp3) is 0.240. The third-order valence-electron chi connectivity index (χ3n) is 5.76. The summed E-state index contributed by atoms with van der Waals surface area (Å²) in [4.78, 5) is 9.17. The van der Waals surface area contributed by atoms with Crippen LogP contribution in [0.2, 0.25) is 0 Å². The van der Waals surface area contributed by atoms with Crippen molar-refractivity contribution in [3.8, 4) is 11.4 Å². The van der Waals surface area contributed by atoms with Crippen molar-refractivity contribution >= 4 is 28.1 Å². The Morgan fingerprint density at radius 3 is 2.84 bits per heavy atom. The van der Waals surface area contributed by atoms with E-state index < -0.39 is 0 Å². The van der Waals surface area contributed by atoms with Gasteiger partial charge in [0.25, 0.3) is 0 Å². The molecule has 0 amide bonds. The van der Waals surface area contributed by atoms with Crippen LogP contribution in [0.5, 0.6) is 5.75 Å². The highest BCUT2D eigenvalue weighted by Gasteiger charge is 2.25. The number of rotatable bonds is 5. The summed E-state index contributed by atoms with van der Waals surface area (Å²) in [7, 11) is 1.68. The molecular weight excluding hydrogens is 466 g/mol. The molecule has 1 aliphatic rings. The number of fused-ring (bicyclic) bond motifs is 1. The molecule has 0 saturated carbocycles. The summed E-state index contributed by atoms with van der Waals surface area (Å²) in [5.74, 6) is 2.83. The second kappa shape index (κ2) is 8.74. The Morgan fingerprint density at radius 1 is 1.16 bits per heavy atom. The summed E-state index contributed by atoms with van der Waals surface area (Å²) in [6.45, 7) is 2.88. The minimum absolute atomic E-state index is 0.272. The fourth-order valence-electron chi connectivity index (χ4n) is 4.21. The Hall–Kier alpha value is -3.19. The Labute approximate surface area is 195 Å². The zero-order valence-corrected chi connectivity index (χ0v) is 19.7. The van der Waals surface area contributed by atoms with Crippen molar-refractivity contribution in [3.05, 3.63) is 87.9 Å². The van der Waals surface area contributed by atoms with E-state index in [1.807, 2.05) is 42.0 Å². The number of nitrogens with zero attached hydrogens (tertiary/aromatic N) is 5. The van der Waals surface area contributed by atoms with Crippen molar-refractivity contribution in [2.24, 2.45) is 0 Å². The standard InChI is InChI=1S/C25H24BrN5O/c1-17-15-30(16-27-17)22-10-8-18(13-23(22)32-2)9-11-24-28-25-21(7-4-12-31(25)29-24)19-5-3-6-20(26)14-19/h3,5-6,8-11,13-16,21H,4,7,12H2,1-2H3. The van der Waals surface area contributed by atoms with Gasteiger partial charge in [-0.2, -0.15) is 5.10 Å². The van der Waals surface area contributed by atoms with E-state index in [1.165, 1.54) is 5.56 Å². The van der Waals surface area contributed by atoms with Gasteiger partial charge in [-0.15, -0.1) is 0 Å². The van der Waals surface area contributed by atoms with Crippen molar-refractivity contribution in [1.29, 1.82) is 0 Å². The SMILES string of the molecule is COc1cc(C=Cc2nc3n(n2)CCCC3c2cccc(Br)c2)ccc1-n1cnc(C)c1.